The molecule has 0 aromatic rings. The maximum atomic E-state index is 14.8. The van der Waals surface area contributed by atoms with Gasteiger partial charge >= 0.3 is 188 Å². The molecule has 3 amide bonds. The van der Waals surface area contributed by atoms with Crippen LogP contribution in [-0.4, -0.2) is 56.2 Å². The minimum atomic E-state index is -3.13. The summed E-state index contributed by atoms with van der Waals surface area (Å²) in [7, 11) is 0. The summed E-state index contributed by atoms with van der Waals surface area (Å²) in [5.74, 6) is -3.87. The van der Waals surface area contributed by atoms with E-state index >= 15 is 0 Å². The van der Waals surface area contributed by atoms with E-state index in [0.29, 0.717) is 19.4 Å². The van der Waals surface area contributed by atoms with Gasteiger partial charge in [-0.15, -0.1) is 0 Å². The third-order valence-corrected chi connectivity index (χ3v) is 9.65. The van der Waals surface area contributed by atoms with Crippen LogP contribution in [0.5, 0.6) is 0 Å². The van der Waals surface area contributed by atoms with Gasteiger partial charge in [-0.2, -0.15) is 0 Å². The summed E-state index contributed by atoms with van der Waals surface area (Å²) in [6, 6.07) is -1.19. The SMILES string of the molecule is CC[I-][C@@H]1C[C@@H]2C(=O)NC[C@@H]2CCCCCC(=O)N2CC(F)(F)C(C)(C)[C@H]2C(=O)N1. The molecule has 0 aromatic carbocycles. The molecule has 9 heteroatoms. The van der Waals surface area contributed by atoms with Crippen molar-refractivity contribution in [2.75, 3.05) is 17.5 Å². The molecule has 6 nitrogen and oxygen atoms in total. The van der Waals surface area contributed by atoms with Gasteiger partial charge in [0.05, 0.1) is 0 Å². The van der Waals surface area contributed by atoms with Crippen molar-refractivity contribution in [3.05, 3.63) is 0 Å². The Morgan fingerprint density at radius 1 is 1.13 bits per heavy atom. The van der Waals surface area contributed by atoms with Gasteiger partial charge in [0.1, 0.15) is 0 Å². The van der Waals surface area contributed by atoms with Gasteiger partial charge in [-0.1, -0.05) is 0 Å². The van der Waals surface area contributed by atoms with Gasteiger partial charge in [-0.05, 0) is 0 Å². The molecule has 0 aromatic heterocycles. The number of halogens is 3. The average Bonchev–Trinajstić information content (AvgIpc) is 3.08. The second kappa shape index (κ2) is 9.24. The molecular formula is C21H33F2IN3O3-. The number of fused-ring (bicyclic) bond motifs is 2. The molecule has 3 aliphatic heterocycles. The molecule has 0 saturated carbocycles. The van der Waals surface area contributed by atoms with Crippen molar-refractivity contribution >= 4 is 17.7 Å². The normalized spacial score (nSPS) is 34.7. The van der Waals surface area contributed by atoms with Crippen LogP contribution >= 0.6 is 0 Å². The van der Waals surface area contributed by atoms with Crippen LogP contribution in [-0.2, 0) is 14.4 Å². The van der Waals surface area contributed by atoms with Crippen LogP contribution in [0, 0.1) is 17.3 Å². The number of carbonyl (C=O) groups excluding carboxylic acids is 3. The standard InChI is InChI=1S/C21H33F2IN3O3/c1-4-24-15-10-14-13(11-25-18(14)29)8-6-5-7-9-16(28)27-12-21(22,23)20(2,3)17(27)19(30)26-15/h13-15,17H,4-12H2,1-3H3,(H,25,29)(H,26,30)/q-1/t13-,14-,15-,17+/m0/s1. The maximum absolute atomic E-state index is 14.8. The van der Waals surface area contributed by atoms with Gasteiger partial charge in [0.25, 0.3) is 0 Å². The summed E-state index contributed by atoms with van der Waals surface area (Å²) in [5.41, 5.74) is -1.65. The summed E-state index contributed by atoms with van der Waals surface area (Å²) in [5, 5.41) is 5.95. The quantitative estimate of drug-likeness (QED) is 0.272. The first-order valence-corrected chi connectivity index (χ1v) is 13.7. The zero-order chi connectivity index (χ0) is 22.1. The number of hydrogen-bond acceptors (Lipinski definition) is 3. The first kappa shape index (κ1) is 23.7. The van der Waals surface area contributed by atoms with Gasteiger partial charge in [0, 0.05) is 0 Å². The fraction of sp³-hybridized carbons (Fsp3) is 0.857. The third kappa shape index (κ3) is 4.60. The van der Waals surface area contributed by atoms with Gasteiger partial charge in [-0.25, -0.2) is 0 Å². The molecule has 3 saturated heterocycles. The van der Waals surface area contributed by atoms with Crippen molar-refractivity contribution in [1.82, 2.24) is 15.5 Å². The fourth-order valence-electron chi connectivity index (χ4n) is 4.93. The summed E-state index contributed by atoms with van der Waals surface area (Å²) in [4.78, 5) is 39.6. The zero-order valence-corrected chi connectivity index (χ0v) is 20.1. The van der Waals surface area contributed by atoms with E-state index in [1.807, 2.05) is 6.92 Å². The molecule has 0 unspecified atom stereocenters. The Hall–Kier alpha value is -1.00. The molecule has 3 rings (SSSR count). The number of alkyl halides is 4. The van der Waals surface area contributed by atoms with Crippen molar-refractivity contribution in [2.45, 2.75) is 75.3 Å². The van der Waals surface area contributed by atoms with E-state index in [1.54, 1.807) is 0 Å². The topological polar surface area (TPSA) is 78.5 Å². The van der Waals surface area contributed by atoms with Gasteiger partial charge in [0.2, 0.25) is 0 Å². The molecule has 4 atom stereocenters. The van der Waals surface area contributed by atoms with Crippen LogP contribution < -0.4 is 31.8 Å². The van der Waals surface area contributed by atoms with E-state index in [0.717, 1.165) is 28.6 Å². The van der Waals surface area contributed by atoms with Crippen LogP contribution in [0.15, 0.2) is 0 Å². The average molecular weight is 540 g/mol. The summed E-state index contributed by atoms with van der Waals surface area (Å²) in [6.45, 7) is 4.73. The van der Waals surface area contributed by atoms with Crippen LogP contribution in [0.4, 0.5) is 8.78 Å². The molecule has 0 spiro atoms. The number of carbonyl (C=O) groups is 3. The van der Waals surface area contributed by atoms with Gasteiger partial charge in [0.15, 0.2) is 0 Å². The molecule has 0 aliphatic carbocycles. The number of nitrogens with one attached hydrogen (secondary N) is 2. The van der Waals surface area contributed by atoms with E-state index in [-0.39, 0.29) is 34.1 Å². The number of hydrogen-bond donors (Lipinski definition) is 2. The molecular weight excluding hydrogens is 507 g/mol. The van der Waals surface area contributed by atoms with Crippen LogP contribution in [0.25, 0.3) is 0 Å². The zero-order valence-electron chi connectivity index (χ0n) is 18.0. The van der Waals surface area contributed by atoms with Crippen molar-refractivity contribution in [3.8, 4) is 0 Å². The monoisotopic (exact) mass is 540 g/mol. The second-order valence-corrected chi connectivity index (χ2v) is 13.1. The minimum absolute atomic E-state index is 0.0380. The Morgan fingerprint density at radius 3 is 2.57 bits per heavy atom. The Morgan fingerprint density at radius 2 is 1.87 bits per heavy atom. The molecule has 0 bridgehead atoms. The number of rotatable bonds is 2. The Bertz CT molecular complexity index is 688. The molecule has 172 valence electrons. The Labute approximate surface area is 187 Å². The van der Waals surface area contributed by atoms with E-state index in [2.05, 4.69) is 10.6 Å². The predicted molar refractivity (Wildman–Crippen MR) is 104 cm³/mol. The number of amides is 3. The fourth-order valence-corrected chi connectivity index (χ4v) is 7.43. The molecule has 3 fully saturated rings. The van der Waals surface area contributed by atoms with Crippen molar-refractivity contribution < 1.29 is 44.4 Å². The molecule has 0 radical (unpaired) electrons. The van der Waals surface area contributed by atoms with E-state index in [1.165, 1.54) is 13.8 Å². The van der Waals surface area contributed by atoms with Crippen LogP contribution in [0.3, 0.4) is 0 Å². The van der Waals surface area contributed by atoms with E-state index in [9.17, 15) is 23.2 Å². The summed E-state index contributed by atoms with van der Waals surface area (Å²) in [6.07, 6.45) is 3.97. The summed E-state index contributed by atoms with van der Waals surface area (Å²) >= 11 is -0.433. The molecule has 3 heterocycles. The van der Waals surface area contributed by atoms with Crippen molar-refractivity contribution in [3.63, 3.8) is 0 Å². The first-order valence-electron chi connectivity index (χ1n) is 10.9. The predicted octanol–water partition coefficient (Wildman–Crippen LogP) is -0.874. The van der Waals surface area contributed by atoms with Crippen LogP contribution in [0.2, 0.25) is 0 Å². The molecule has 3 aliphatic rings. The Balaban J connectivity index is 1.89. The number of nitrogens with zero attached hydrogens (tertiary/aromatic N) is 1. The van der Waals surface area contributed by atoms with Crippen molar-refractivity contribution in [1.29, 1.82) is 0 Å². The second-order valence-electron chi connectivity index (χ2n) is 9.19. The van der Waals surface area contributed by atoms with E-state index in [4.69, 9.17) is 0 Å². The van der Waals surface area contributed by atoms with Gasteiger partial charge in [-0.3, -0.25) is 0 Å². The van der Waals surface area contributed by atoms with Crippen molar-refractivity contribution in [2.24, 2.45) is 17.3 Å². The van der Waals surface area contributed by atoms with E-state index < -0.39 is 51.0 Å². The molecule has 30 heavy (non-hydrogen) atoms. The van der Waals surface area contributed by atoms with Gasteiger partial charge < -0.3 is 0 Å². The first-order chi connectivity index (χ1) is 14.1. The molecule has 2 N–H and O–H groups in total. The Kier molecular flexibility index (Phi) is 7.29. The van der Waals surface area contributed by atoms with Crippen LogP contribution in [0.1, 0.15) is 59.3 Å². The third-order valence-electron chi connectivity index (χ3n) is 6.89. The summed E-state index contributed by atoms with van der Waals surface area (Å²) < 4.78 is 30.3.